The third-order valence-electron chi connectivity index (χ3n) is 3.11. The fourth-order valence-electron chi connectivity index (χ4n) is 2.09. The van der Waals surface area contributed by atoms with Gasteiger partial charge in [0.05, 0.1) is 12.3 Å². The zero-order chi connectivity index (χ0) is 13.1. The lowest BCUT2D eigenvalue weighted by atomic mass is 10.1. The molecule has 0 aliphatic carbocycles. The Morgan fingerprint density at radius 2 is 2.22 bits per heavy atom. The van der Waals surface area contributed by atoms with Gasteiger partial charge in [-0.2, -0.15) is 5.10 Å². The van der Waals surface area contributed by atoms with E-state index in [1.54, 1.807) is 7.11 Å². The van der Waals surface area contributed by atoms with Gasteiger partial charge in [0.1, 0.15) is 0 Å². The Kier molecular flexibility index (Phi) is 3.93. The molecule has 2 heterocycles. The van der Waals surface area contributed by atoms with Gasteiger partial charge in [0.2, 0.25) is 0 Å². The molecule has 1 atom stereocenters. The third-order valence-corrected chi connectivity index (χ3v) is 3.11. The standard InChI is InChI=1S/C13H20N4O/c1-9-7-13-15-8-12(11(3)17(13)16-9)10(2)14-5-6-18-4/h7-8,10,14H,5-6H2,1-4H3. The Morgan fingerprint density at radius 3 is 2.94 bits per heavy atom. The van der Waals surface area contributed by atoms with Crippen molar-refractivity contribution in [1.82, 2.24) is 19.9 Å². The summed E-state index contributed by atoms with van der Waals surface area (Å²) in [4.78, 5) is 4.44. The molecule has 0 spiro atoms. The lowest BCUT2D eigenvalue weighted by molar-refractivity contribution is 0.196. The number of aromatic nitrogens is 3. The Hall–Kier alpha value is -1.46. The average Bonchev–Trinajstić information content (AvgIpc) is 2.71. The zero-order valence-electron chi connectivity index (χ0n) is 11.4. The molecule has 2 rings (SSSR count). The van der Waals surface area contributed by atoms with E-state index in [9.17, 15) is 0 Å². The van der Waals surface area contributed by atoms with Gasteiger partial charge in [-0.05, 0) is 20.8 Å². The van der Waals surface area contributed by atoms with Crippen LogP contribution in [0.2, 0.25) is 0 Å². The molecule has 2 aromatic rings. The van der Waals surface area contributed by atoms with Crippen molar-refractivity contribution in [2.45, 2.75) is 26.8 Å². The minimum absolute atomic E-state index is 0.238. The predicted octanol–water partition coefficient (Wildman–Crippen LogP) is 1.64. The van der Waals surface area contributed by atoms with E-state index >= 15 is 0 Å². The number of ether oxygens (including phenoxy) is 1. The van der Waals surface area contributed by atoms with Gasteiger partial charge in [-0.1, -0.05) is 0 Å². The van der Waals surface area contributed by atoms with Gasteiger partial charge >= 0.3 is 0 Å². The molecule has 0 radical (unpaired) electrons. The average molecular weight is 248 g/mol. The summed E-state index contributed by atoms with van der Waals surface area (Å²) in [7, 11) is 1.71. The first-order valence-electron chi connectivity index (χ1n) is 6.17. The van der Waals surface area contributed by atoms with Gasteiger partial charge in [-0.15, -0.1) is 0 Å². The summed E-state index contributed by atoms with van der Waals surface area (Å²) in [5, 5.41) is 7.86. The van der Waals surface area contributed by atoms with E-state index in [1.807, 2.05) is 23.7 Å². The molecule has 18 heavy (non-hydrogen) atoms. The highest BCUT2D eigenvalue weighted by molar-refractivity contribution is 5.42. The van der Waals surface area contributed by atoms with Crippen LogP contribution in [0.5, 0.6) is 0 Å². The van der Waals surface area contributed by atoms with Crippen molar-refractivity contribution in [3.05, 3.63) is 29.2 Å². The van der Waals surface area contributed by atoms with Crippen molar-refractivity contribution in [3.8, 4) is 0 Å². The van der Waals surface area contributed by atoms with Gasteiger partial charge in [-0.25, -0.2) is 9.50 Å². The minimum atomic E-state index is 0.238. The summed E-state index contributed by atoms with van der Waals surface area (Å²) in [6.07, 6.45) is 1.93. The lowest BCUT2D eigenvalue weighted by Gasteiger charge is -2.16. The maximum absolute atomic E-state index is 5.04. The summed E-state index contributed by atoms with van der Waals surface area (Å²) in [5.41, 5.74) is 4.19. The maximum atomic E-state index is 5.04. The van der Waals surface area contributed by atoms with E-state index in [4.69, 9.17) is 4.74 Å². The van der Waals surface area contributed by atoms with E-state index in [1.165, 1.54) is 5.56 Å². The molecule has 2 aromatic heterocycles. The van der Waals surface area contributed by atoms with Crippen LogP contribution in [0.25, 0.3) is 5.65 Å². The monoisotopic (exact) mass is 248 g/mol. The van der Waals surface area contributed by atoms with Crippen LogP contribution in [-0.4, -0.2) is 34.9 Å². The van der Waals surface area contributed by atoms with Gasteiger partial charge in [0.25, 0.3) is 0 Å². The Morgan fingerprint density at radius 1 is 1.44 bits per heavy atom. The van der Waals surface area contributed by atoms with E-state index in [-0.39, 0.29) is 6.04 Å². The molecule has 0 saturated carbocycles. The highest BCUT2D eigenvalue weighted by Gasteiger charge is 2.12. The Balaban J connectivity index is 2.24. The van der Waals surface area contributed by atoms with Crippen molar-refractivity contribution in [1.29, 1.82) is 0 Å². The van der Waals surface area contributed by atoms with Crippen LogP contribution in [-0.2, 0) is 4.74 Å². The number of aryl methyl sites for hydroxylation is 2. The van der Waals surface area contributed by atoms with E-state index in [0.29, 0.717) is 6.61 Å². The van der Waals surface area contributed by atoms with E-state index < -0.39 is 0 Å². The van der Waals surface area contributed by atoms with Gasteiger partial charge in [0, 0.05) is 43.2 Å². The summed E-state index contributed by atoms with van der Waals surface area (Å²) >= 11 is 0. The molecule has 0 bridgehead atoms. The molecule has 5 nitrogen and oxygen atoms in total. The van der Waals surface area contributed by atoms with Crippen molar-refractivity contribution in [2.75, 3.05) is 20.3 Å². The molecule has 0 saturated heterocycles. The van der Waals surface area contributed by atoms with Crippen LogP contribution in [0.1, 0.15) is 29.9 Å². The summed E-state index contributed by atoms with van der Waals surface area (Å²) in [6.45, 7) is 7.72. The first-order valence-corrected chi connectivity index (χ1v) is 6.17. The maximum Gasteiger partial charge on any atom is 0.155 e. The Labute approximate surface area is 107 Å². The summed E-state index contributed by atoms with van der Waals surface area (Å²) in [6, 6.07) is 2.22. The summed E-state index contributed by atoms with van der Waals surface area (Å²) < 4.78 is 6.94. The highest BCUT2D eigenvalue weighted by atomic mass is 16.5. The second-order valence-electron chi connectivity index (χ2n) is 4.52. The van der Waals surface area contributed by atoms with Gasteiger partial charge in [-0.3, -0.25) is 0 Å². The molecule has 1 unspecified atom stereocenters. The molecule has 5 heteroatoms. The van der Waals surface area contributed by atoms with Crippen LogP contribution < -0.4 is 5.32 Å². The molecule has 0 amide bonds. The van der Waals surface area contributed by atoms with E-state index in [2.05, 4.69) is 29.2 Å². The lowest BCUT2D eigenvalue weighted by Crippen LogP contribution is -2.24. The van der Waals surface area contributed by atoms with Crippen molar-refractivity contribution in [3.63, 3.8) is 0 Å². The number of fused-ring (bicyclic) bond motifs is 1. The molecule has 0 aliphatic rings. The predicted molar refractivity (Wildman–Crippen MR) is 70.8 cm³/mol. The van der Waals surface area contributed by atoms with Crippen LogP contribution in [0.3, 0.4) is 0 Å². The largest absolute Gasteiger partial charge is 0.383 e. The number of methoxy groups -OCH3 is 1. The zero-order valence-corrected chi connectivity index (χ0v) is 11.4. The molecular formula is C13H20N4O. The second-order valence-corrected chi connectivity index (χ2v) is 4.52. The normalized spacial score (nSPS) is 13.1. The molecule has 0 aromatic carbocycles. The molecule has 0 fully saturated rings. The fourth-order valence-corrected chi connectivity index (χ4v) is 2.09. The van der Waals surface area contributed by atoms with Crippen LogP contribution >= 0.6 is 0 Å². The first-order chi connectivity index (χ1) is 8.63. The number of hydrogen-bond donors (Lipinski definition) is 1. The van der Waals surface area contributed by atoms with Crippen molar-refractivity contribution < 1.29 is 4.74 Å². The third kappa shape index (κ3) is 2.52. The number of hydrogen-bond acceptors (Lipinski definition) is 4. The summed E-state index contributed by atoms with van der Waals surface area (Å²) in [5.74, 6) is 0. The van der Waals surface area contributed by atoms with Crippen LogP contribution in [0.4, 0.5) is 0 Å². The van der Waals surface area contributed by atoms with Crippen LogP contribution in [0, 0.1) is 13.8 Å². The highest BCUT2D eigenvalue weighted by Crippen LogP contribution is 2.17. The van der Waals surface area contributed by atoms with Gasteiger partial charge in [0.15, 0.2) is 5.65 Å². The van der Waals surface area contributed by atoms with Crippen LogP contribution in [0.15, 0.2) is 12.3 Å². The number of nitrogens with zero attached hydrogens (tertiary/aromatic N) is 3. The quantitative estimate of drug-likeness (QED) is 0.817. The SMILES string of the molecule is COCCNC(C)c1cnc2cc(C)nn2c1C. The molecule has 1 N–H and O–H groups in total. The molecule has 0 aliphatic heterocycles. The smallest absolute Gasteiger partial charge is 0.155 e. The topological polar surface area (TPSA) is 51.5 Å². The number of rotatable bonds is 5. The van der Waals surface area contributed by atoms with Gasteiger partial charge < -0.3 is 10.1 Å². The fraction of sp³-hybridized carbons (Fsp3) is 0.538. The van der Waals surface area contributed by atoms with Crippen molar-refractivity contribution in [2.24, 2.45) is 0 Å². The van der Waals surface area contributed by atoms with Crippen molar-refractivity contribution >= 4 is 5.65 Å². The first kappa shape index (κ1) is 13.0. The molecule has 98 valence electrons. The Bertz CT molecular complexity index is 535. The minimum Gasteiger partial charge on any atom is -0.383 e. The number of nitrogens with one attached hydrogen (secondary N) is 1. The van der Waals surface area contributed by atoms with E-state index in [0.717, 1.165) is 23.6 Å². The second kappa shape index (κ2) is 5.46. The molecular weight excluding hydrogens is 228 g/mol.